The summed E-state index contributed by atoms with van der Waals surface area (Å²) in [5.74, 6) is -1.18. The summed E-state index contributed by atoms with van der Waals surface area (Å²) in [5.41, 5.74) is -3.70. The first kappa shape index (κ1) is 22.5. The Balaban J connectivity index is 2.30. The third-order valence-electron chi connectivity index (χ3n) is 3.60. The molecular weight excluding hydrogens is 426 g/mol. The molecule has 0 aliphatic heterocycles. The van der Waals surface area contributed by atoms with Gasteiger partial charge in [0.05, 0.1) is 23.1 Å². The smallest absolute Gasteiger partial charge is 0.348 e. The number of nitrogens with one attached hydrogen (secondary N) is 2. The Morgan fingerprint density at radius 2 is 1.45 bits per heavy atom. The Labute approximate surface area is 161 Å². The van der Waals surface area contributed by atoms with Gasteiger partial charge in [-0.3, -0.25) is 9.52 Å². The van der Waals surface area contributed by atoms with Gasteiger partial charge in [0.25, 0.3) is 5.91 Å². The van der Waals surface area contributed by atoms with Gasteiger partial charge in [-0.15, -0.1) is 0 Å². The summed E-state index contributed by atoms with van der Waals surface area (Å²) in [6, 6.07) is 6.37. The number of hydrogen-bond donors (Lipinski definition) is 2. The average molecular weight is 440 g/mol. The highest BCUT2D eigenvalue weighted by Gasteiger charge is 2.37. The van der Waals surface area contributed by atoms with E-state index in [1.807, 2.05) is 0 Å². The molecule has 2 aromatic carbocycles. The van der Waals surface area contributed by atoms with Crippen LogP contribution in [0, 0.1) is 0 Å². The van der Waals surface area contributed by atoms with Crippen LogP contribution in [0.15, 0.2) is 42.5 Å². The number of hydrogen-bond acceptors (Lipinski definition) is 3. The van der Waals surface area contributed by atoms with Crippen molar-refractivity contribution in [2.45, 2.75) is 18.9 Å². The molecule has 0 unspecified atom stereocenters. The third-order valence-corrected chi connectivity index (χ3v) is 4.19. The summed E-state index contributed by atoms with van der Waals surface area (Å²) in [6.45, 7) is -0.338. The minimum Gasteiger partial charge on any atom is -0.348 e. The van der Waals surface area contributed by atoms with Crippen LogP contribution in [0.25, 0.3) is 0 Å². The number of para-hydroxylation sites is 1. The zero-order chi connectivity index (χ0) is 22.0. The van der Waals surface area contributed by atoms with Crippen molar-refractivity contribution in [3.8, 4) is 0 Å². The van der Waals surface area contributed by atoms with Gasteiger partial charge >= 0.3 is 12.4 Å². The number of alkyl halides is 6. The molecular formula is C17H14F6N2O3S. The maximum absolute atomic E-state index is 12.9. The highest BCUT2D eigenvalue weighted by Crippen LogP contribution is 2.36. The summed E-state index contributed by atoms with van der Waals surface area (Å²) < 4.78 is 102. The normalized spacial score (nSPS) is 12.5. The molecule has 5 nitrogen and oxygen atoms in total. The van der Waals surface area contributed by atoms with E-state index < -0.39 is 45.0 Å². The fourth-order valence-corrected chi connectivity index (χ4v) is 2.94. The van der Waals surface area contributed by atoms with Crippen molar-refractivity contribution in [2.24, 2.45) is 0 Å². The number of benzene rings is 2. The molecule has 0 radical (unpaired) electrons. The molecule has 0 spiro atoms. The van der Waals surface area contributed by atoms with E-state index >= 15 is 0 Å². The number of carbonyl (C=O) groups excluding carboxylic acids is 1. The molecule has 0 aromatic heterocycles. The molecule has 2 rings (SSSR count). The van der Waals surface area contributed by atoms with Crippen molar-refractivity contribution in [3.63, 3.8) is 0 Å². The molecule has 2 N–H and O–H groups in total. The van der Waals surface area contributed by atoms with Gasteiger partial charge in [-0.05, 0) is 29.8 Å². The van der Waals surface area contributed by atoms with Gasteiger partial charge in [-0.25, -0.2) is 8.42 Å². The van der Waals surface area contributed by atoms with E-state index in [-0.39, 0.29) is 23.9 Å². The topological polar surface area (TPSA) is 75.3 Å². The fraction of sp³-hybridized carbons (Fsp3) is 0.235. The summed E-state index contributed by atoms with van der Waals surface area (Å²) in [4.78, 5) is 12.2. The molecule has 0 atom stereocenters. The van der Waals surface area contributed by atoms with E-state index in [1.54, 1.807) is 0 Å². The summed E-state index contributed by atoms with van der Waals surface area (Å²) in [5, 5.41) is 2.19. The molecule has 0 fully saturated rings. The van der Waals surface area contributed by atoms with Crippen LogP contribution in [0.2, 0.25) is 0 Å². The van der Waals surface area contributed by atoms with Gasteiger partial charge in [0, 0.05) is 12.1 Å². The second-order valence-corrected chi connectivity index (χ2v) is 7.76. The first-order valence-electron chi connectivity index (χ1n) is 7.80. The van der Waals surface area contributed by atoms with Crippen LogP contribution in [-0.4, -0.2) is 20.6 Å². The first-order valence-corrected chi connectivity index (χ1v) is 9.69. The van der Waals surface area contributed by atoms with Crippen LogP contribution in [0.5, 0.6) is 0 Å². The van der Waals surface area contributed by atoms with E-state index in [1.165, 1.54) is 24.3 Å². The van der Waals surface area contributed by atoms with Crippen LogP contribution >= 0.6 is 0 Å². The minimum absolute atomic E-state index is 0.0812. The van der Waals surface area contributed by atoms with Gasteiger partial charge < -0.3 is 5.32 Å². The van der Waals surface area contributed by atoms with Crippen LogP contribution in [-0.2, 0) is 28.9 Å². The average Bonchev–Trinajstić information content (AvgIpc) is 2.57. The van der Waals surface area contributed by atoms with Crippen LogP contribution in [0.3, 0.4) is 0 Å². The molecule has 29 heavy (non-hydrogen) atoms. The van der Waals surface area contributed by atoms with Gasteiger partial charge in [-0.1, -0.05) is 18.2 Å². The molecule has 2 aromatic rings. The molecule has 0 heterocycles. The number of carbonyl (C=O) groups is 1. The summed E-state index contributed by atoms with van der Waals surface area (Å²) in [6.07, 6.45) is -9.27. The lowest BCUT2D eigenvalue weighted by Crippen LogP contribution is -2.25. The fourth-order valence-electron chi connectivity index (χ4n) is 2.34. The standard InChI is InChI=1S/C17H14F6N2O3S/c1-29(27,28)25-14-5-3-2-4-10(14)9-24-15(26)11-6-12(16(18,19)20)8-13(7-11)17(21,22)23/h2-8,25H,9H2,1H3,(H,24,26). The number of amides is 1. The zero-order valence-corrected chi connectivity index (χ0v) is 15.5. The molecule has 0 aliphatic rings. The van der Waals surface area contributed by atoms with Crippen LogP contribution in [0.1, 0.15) is 27.0 Å². The minimum atomic E-state index is -5.08. The summed E-state index contributed by atoms with van der Waals surface area (Å²) in [7, 11) is -3.65. The number of rotatable bonds is 5. The lowest BCUT2D eigenvalue weighted by molar-refractivity contribution is -0.143. The maximum Gasteiger partial charge on any atom is 0.416 e. The van der Waals surface area contributed by atoms with E-state index in [2.05, 4.69) is 10.0 Å². The van der Waals surface area contributed by atoms with Crippen molar-refractivity contribution in [1.82, 2.24) is 5.32 Å². The van der Waals surface area contributed by atoms with Gasteiger partial charge in [0.2, 0.25) is 10.0 Å². The Kier molecular flexibility index (Phi) is 6.16. The molecule has 0 aliphatic carbocycles. The van der Waals surface area contributed by atoms with Gasteiger partial charge in [-0.2, -0.15) is 26.3 Å². The largest absolute Gasteiger partial charge is 0.416 e. The predicted octanol–water partition coefficient (Wildman–Crippen LogP) is 4.03. The highest BCUT2D eigenvalue weighted by molar-refractivity contribution is 7.92. The van der Waals surface area contributed by atoms with Gasteiger partial charge in [0.15, 0.2) is 0 Å². The van der Waals surface area contributed by atoms with E-state index in [9.17, 15) is 39.6 Å². The number of halogens is 6. The Morgan fingerprint density at radius 1 is 0.931 bits per heavy atom. The van der Waals surface area contributed by atoms with Crippen molar-refractivity contribution >= 4 is 21.6 Å². The molecule has 0 saturated carbocycles. The van der Waals surface area contributed by atoms with Crippen molar-refractivity contribution in [3.05, 3.63) is 64.7 Å². The summed E-state index contributed by atoms with van der Waals surface area (Å²) >= 11 is 0. The Hall–Kier alpha value is -2.76. The monoisotopic (exact) mass is 440 g/mol. The number of sulfonamides is 1. The van der Waals surface area contributed by atoms with E-state index in [4.69, 9.17) is 0 Å². The first-order chi connectivity index (χ1) is 13.2. The lowest BCUT2D eigenvalue weighted by Gasteiger charge is -2.15. The zero-order valence-electron chi connectivity index (χ0n) is 14.6. The van der Waals surface area contributed by atoms with Crippen molar-refractivity contribution < 1.29 is 39.6 Å². The second kappa shape index (κ2) is 7.93. The predicted molar refractivity (Wildman–Crippen MR) is 92.5 cm³/mol. The molecule has 12 heteroatoms. The third kappa shape index (κ3) is 6.38. The second-order valence-electron chi connectivity index (χ2n) is 6.01. The van der Waals surface area contributed by atoms with Crippen LogP contribution < -0.4 is 10.0 Å². The maximum atomic E-state index is 12.9. The molecule has 0 saturated heterocycles. The lowest BCUT2D eigenvalue weighted by atomic mass is 10.0. The number of anilines is 1. The Bertz CT molecular complexity index is 984. The molecule has 0 bridgehead atoms. The molecule has 158 valence electrons. The Morgan fingerprint density at radius 3 is 1.93 bits per heavy atom. The van der Waals surface area contributed by atoms with E-state index in [0.29, 0.717) is 12.1 Å². The van der Waals surface area contributed by atoms with Gasteiger partial charge in [0.1, 0.15) is 0 Å². The van der Waals surface area contributed by atoms with Crippen LogP contribution in [0.4, 0.5) is 32.0 Å². The SMILES string of the molecule is CS(=O)(=O)Nc1ccccc1CNC(=O)c1cc(C(F)(F)F)cc(C(F)(F)F)c1. The highest BCUT2D eigenvalue weighted by atomic mass is 32.2. The van der Waals surface area contributed by atoms with Crippen molar-refractivity contribution in [1.29, 1.82) is 0 Å². The quantitative estimate of drug-likeness (QED) is 0.690. The van der Waals surface area contributed by atoms with E-state index in [0.717, 1.165) is 6.26 Å². The van der Waals surface area contributed by atoms with Crippen molar-refractivity contribution in [2.75, 3.05) is 11.0 Å². The molecule has 1 amide bonds.